The van der Waals surface area contributed by atoms with Crippen molar-refractivity contribution in [3.05, 3.63) is 23.8 Å². The highest BCUT2D eigenvalue weighted by atomic mass is 32.2. The minimum absolute atomic E-state index is 0.209. The lowest BCUT2D eigenvalue weighted by Crippen LogP contribution is -2.32. The summed E-state index contributed by atoms with van der Waals surface area (Å²) in [4.78, 5) is 13.9. The van der Waals surface area contributed by atoms with Crippen LogP contribution < -0.4 is 9.47 Å². The largest absolute Gasteiger partial charge is 0.431 e. The highest BCUT2D eigenvalue weighted by Crippen LogP contribution is 2.32. The second-order valence-electron chi connectivity index (χ2n) is 5.80. The van der Waals surface area contributed by atoms with Gasteiger partial charge in [-0.05, 0) is 45.3 Å². The van der Waals surface area contributed by atoms with Gasteiger partial charge in [0, 0.05) is 17.9 Å². The zero-order valence-corrected chi connectivity index (χ0v) is 15.5. The number of hydrogen-bond acceptors (Lipinski definition) is 6. The third-order valence-corrected chi connectivity index (χ3v) is 4.34. The highest BCUT2D eigenvalue weighted by molar-refractivity contribution is 8.14. The Morgan fingerprint density at radius 3 is 2.48 bits per heavy atom. The maximum absolute atomic E-state index is 12.6. The van der Waals surface area contributed by atoms with E-state index in [1.807, 2.05) is 19.0 Å². The molecule has 27 heavy (non-hydrogen) atoms. The van der Waals surface area contributed by atoms with Gasteiger partial charge in [-0.25, -0.2) is 5.01 Å². The van der Waals surface area contributed by atoms with Gasteiger partial charge in [-0.1, -0.05) is 11.8 Å². The fraction of sp³-hybridized carbons (Fsp3) is 0.500. The number of hydrogen-bond donors (Lipinski definition) is 0. The molecule has 0 fully saturated rings. The van der Waals surface area contributed by atoms with Crippen molar-refractivity contribution in [2.45, 2.75) is 19.6 Å². The molecule has 0 saturated carbocycles. The Labute approximate surface area is 158 Å². The Kier molecular flexibility index (Phi) is 7.72. The maximum Gasteiger partial charge on any atom is 0.387 e. The molecule has 6 nitrogen and oxygen atoms in total. The summed E-state index contributed by atoms with van der Waals surface area (Å²) in [6.07, 6.45) is 0.705. The van der Waals surface area contributed by atoms with Gasteiger partial charge >= 0.3 is 18.5 Å². The molecule has 150 valence electrons. The lowest BCUT2D eigenvalue weighted by Gasteiger charge is -2.24. The van der Waals surface area contributed by atoms with Crippen LogP contribution in [0.1, 0.15) is 12.0 Å². The van der Waals surface area contributed by atoms with Crippen molar-refractivity contribution in [3.8, 4) is 11.5 Å². The van der Waals surface area contributed by atoms with Crippen LogP contribution in [0.4, 0.5) is 22.4 Å². The average molecular weight is 409 g/mol. The van der Waals surface area contributed by atoms with Gasteiger partial charge in [-0.3, -0.25) is 4.79 Å². The van der Waals surface area contributed by atoms with Crippen molar-refractivity contribution in [1.82, 2.24) is 9.91 Å². The topological polar surface area (TPSA) is 54.4 Å². The molecule has 0 unspecified atom stereocenters. The first-order valence-electron chi connectivity index (χ1n) is 7.97. The van der Waals surface area contributed by atoms with Crippen molar-refractivity contribution >= 4 is 22.7 Å². The first-order valence-corrected chi connectivity index (χ1v) is 8.95. The van der Waals surface area contributed by atoms with Crippen LogP contribution in [0.3, 0.4) is 0 Å². The van der Waals surface area contributed by atoms with Crippen molar-refractivity contribution in [2.75, 3.05) is 32.9 Å². The molecule has 0 N–H and O–H groups in total. The van der Waals surface area contributed by atoms with Crippen LogP contribution in [0.25, 0.3) is 0 Å². The molecule has 1 heterocycles. The Morgan fingerprint density at radius 2 is 1.85 bits per heavy atom. The second kappa shape index (κ2) is 9.79. The van der Waals surface area contributed by atoms with E-state index in [0.717, 1.165) is 30.4 Å². The number of nitrogens with zero attached hydrogens (tertiary/aromatic N) is 3. The van der Waals surface area contributed by atoms with Crippen LogP contribution in [0.15, 0.2) is 23.3 Å². The lowest BCUT2D eigenvalue weighted by atomic mass is 10.1. The van der Waals surface area contributed by atoms with Crippen LogP contribution >= 0.6 is 11.8 Å². The van der Waals surface area contributed by atoms with Crippen molar-refractivity contribution in [2.24, 2.45) is 5.10 Å². The van der Waals surface area contributed by atoms with E-state index < -0.39 is 24.7 Å². The number of hydrazone groups is 1. The highest BCUT2D eigenvalue weighted by Gasteiger charge is 2.23. The first-order chi connectivity index (χ1) is 12.8. The monoisotopic (exact) mass is 409 g/mol. The molecule has 1 aliphatic heterocycles. The fourth-order valence-corrected chi connectivity index (χ4v) is 3.07. The molecule has 0 saturated heterocycles. The maximum atomic E-state index is 12.6. The Hall–Kier alpha value is -2.01. The van der Waals surface area contributed by atoms with E-state index in [1.165, 1.54) is 11.1 Å². The molecule has 0 radical (unpaired) electrons. The molecule has 11 heteroatoms. The minimum Gasteiger partial charge on any atom is -0.431 e. The number of carbonyl (C=O) groups excluding carboxylic acids is 1. The minimum atomic E-state index is -3.20. The van der Waals surface area contributed by atoms with Crippen LogP contribution in [0.2, 0.25) is 0 Å². The fourth-order valence-electron chi connectivity index (χ4n) is 2.31. The van der Waals surface area contributed by atoms with Crippen molar-refractivity contribution in [1.29, 1.82) is 0 Å². The van der Waals surface area contributed by atoms with Crippen LogP contribution in [-0.4, -0.2) is 67.0 Å². The number of amides is 1. The number of ether oxygens (including phenoxy) is 2. The molecular weight excluding hydrogens is 390 g/mol. The SMILES string of the molecule is CN(C)CCCN1N=C(c2ccc(OC(F)F)c(OC(F)F)c2)CSC1=O. The number of thioether (sulfide) groups is 1. The molecule has 2 rings (SSSR count). The zero-order valence-electron chi connectivity index (χ0n) is 14.7. The second-order valence-corrected chi connectivity index (χ2v) is 6.73. The van der Waals surface area contributed by atoms with E-state index in [9.17, 15) is 22.4 Å². The van der Waals surface area contributed by atoms with E-state index in [1.54, 1.807) is 0 Å². The van der Waals surface area contributed by atoms with E-state index in [-0.39, 0.29) is 11.0 Å². The Bertz CT molecular complexity index is 689. The molecule has 0 aliphatic carbocycles. The zero-order chi connectivity index (χ0) is 20.0. The summed E-state index contributed by atoms with van der Waals surface area (Å²) in [5, 5.41) is 5.37. The predicted octanol–water partition coefficient (Wildman–Crippen LogP) is 3.71. The number of benzene rings is 1. The van der Waals surface area contributed by atoms with Gasteiger partial charge in [0.25, 0.3) is 0 Å². The molecular formula is C16H19F4N3O3S. The summed E-state index contributed by atoms with van der Waals surface area (Å²) in [7, 11) is 3.82. The Balaban J connectivity index is 2.22. The van der Waals surface area contributed by atoms with Crippen LogP contribution in [0.5, 0.6) is 11.5 Å². The summed E-state index contributed by atoms with van der Waals surface area (Å²) in [5.41, 5.74) is 0.831. The quantitative estimate of drug-likeness (QED) is 0.582. The van der Waals surface area contributed by atoms with Crippen LogP contribution in [-0.2, 0) is 0 Å². The number of carbonyl (C=O) groups is 1. The molecule has 1 aromatic carbocycles. The van der Waals surface area contributed by atoms with Gasteiger partial charge in [0.2, 0.25) is 0 Å². The average Bonchev–Trinajstić information content (AvgIpc) is 2.57. The third-order valence-electron chi connectivity index (χ3n) is 3.47. The molecule has 1 aromatic rings. The number of alkyl halides is 4. The summed E-state index contributed by atoms with van der Waals surface area (Å²) in [6.45, 7) is -5.21. The number of halogens is 4. The van der Waals surface area contributed by atoms with Gasteiger partial charge in [0.15, 0.2) is 11.5 Å². The summed E-state index contributed by atoms with van der Waals surface area (Å²) in [5.74, 6) is -0.796. The van der Waals surface area contributed by atoms with Crippen molar-refractivity contribution < 1.29 is 31.8 Å². The summed E-state index contributed by atoms with van der Waals surface area (Å²) < 4.78 is 58.5. The number of rotatable bonds is 9. The standard InChI is InChI=1S/C16H19F4N3O3S/c1-22(2)6-3-7-23-16(24)27-9-11(21-23)10-4-5-12(25-14(17)18)13(8-10)26-15(19)20/h4-5,8,14-15H,3,6-7,9H2,1-2H3. The molecule has 0 spiro atoms. The molecule has 1 amide bonds. The van der Waals surface area contributed by atoms with E-state index in [0.29, 0.717) is 24.2 Å². The van der Waals surface area contributed by atoms with E-state index >= 15 is 0 Å². The van der Waals surface area contributed by atoms with Crippen LogP contribution in [0, 0.1) is 0 Å². The van der Waals surface area contributed by atoms with Gasteiger partial charge in [-0.15, -0.1) is 0 Å². The molecule has 0 bridgehead atoms. The lowest BCUT2D eigenvalue weighted by molar-refractivity contribution is -0.0692. The van der Waals surface area contributed by atoms with E-state index in [2.05, 4.69) is 14.6 Å². The summed E-state index contributed by atoms with van der Waals surface area (Å²) >= 11 is 1.02. The van der Waals surface area contributed by atoms with Gasteiger partial charge < -0.3 is 14.4 Å². The van der Waals surface area contributed by atoms with Gasteiger partial charge in [0.05, 0.1) is 5.71 Å². The molecule has 0 atom stereocenters. The van der Waals surface area contributed by atoms with Gasteiger partial charge in [-0.2, -0.15) is 22.7 Å². The molecule has 1 aliphatic rings. The molecule has 0 aromatic heterocycles. The normalized spacial score (nSPS) is 14.9. The predicted molar refractivity (Wildman–Crippen MR) is 94.0 cm³/mol. The third kappa shape index (κ3) is 6.58. The van der Waals surface area contributed by atoms with Crippen molar-refractivity contribution in [3.63, 3.8) is 0 Å². The summed E-state index contributed by atoms with van der Waals surface area (Å²) in [6, 6.07) is 3.67. The Morgan fingerprint density at radius 1 is 1.19 bits per heavy atom. The smallest absolute Gasteiger partial charge is 0.387 e. The van der Waals surface area contributed by atoms with Gasteiger partial charge in [0.1, 0.15) is 0 Å². The van der Waals surface area contributed by atoms with E-state index in [4.69, 9.17) is 0 Å². The first kappa shape index (κ1) is 21.3.